The van der Waals surface area contributed by atoms with Crippen LogP contribution in [0.4, 0.5) is 5.69 Å². The van der Waals surface area contributed by atoms with E-state index in [2.05, 4.69) is 10.6 Å². The van der Waals surface area contributed by atoms with Crippen LogP contribution in [0.25, 0.3) is 0 Å². The van der Waals surface area contributed by atoms with Crippen LogP contribution in [0.5, 0.6) is 0 Å². The number of nitrogens with one attached hydrogen (secondary N) is 2. The number of rotatable bonds is 4. The van der Waals surface area contributed by atoms with E-state index in [1.54, 1.807) is 32.3 Å². The summed E-state index contributed by atoms with van der Waals surface area (Å²) in [5.41, 5.74) is -0.0910. The Morgan fingerprint density at radius 1 is 1.12 bits per heavy atom. The summed E-state index contributed by atoms with van der Waals surface area (Å²) in [6.45, 7) is 1.42. The standard InChI is InChI=1S/C18H24ClN3O3/c1-12(23)21-18(9-5-4-6-10-18)17(25)20-13-7-8-15(19)14(11-13)16(24)22(2)3/h7-8,11H,4-6,9-10H2,1-3H3,(H,20,25)(H,21,23). The van der Waals surface area contributed by atoms with E-state index in [-0.39, 0.29) is 17.7 Å². The molecule has 0 heterocycles. The Bertz CT molecular complexity index is 682. The maximum absolute atomic E-state index is 12.9. The van der Waals surface area contributed by atoms with Gasteiger partial charge in [-0.3, -0.25) is 14.4 Å². The van der Waals surface area contributed by atoms with Crippen molar-refractivity contribution >= 4 is 35.0 Å². The number of anilines is 1. The van der Waals surface area contributed by atoms with Crippen LogP contribution in [0.15, 0.2) is 18.2 Å². The molecule has 0 bridgehead atoms. The molecule has 7 heteroatoms. The highest BCUT2D eigenvalue weighted by molar-refractivity contribution is 6.34. The second kappa shape index (κ2) is 7.87. The molecule has 2 N–H and O–H groups in total. The van der Waals surface area contributed by atoms with Gasteiger partial charge in [0.05, 0.1) is 10.6 Å². The van der Waals surface area contributed by atoms with Gasteiger partial charge in [-0.05, 0) is 31.0 Å². The lowest BCUT2D eigenvalue weighted by Gasteiger charge is -2.36. The van der Waals surface area contributed by atoms with E-state index in [4.69, 9.17) is 11.6 Å². The van der Waals surface area contributed by atoms with Crippen molar-refractivity contribution in [1.29, 1.82) is 0 Å². The van der Waals surface area contributed by atoms with Crippen molar-refractivity contribution < 1.29 is 14.4 Å². The first-order chi connectivity index (χ1) is 11.7. The Balaban J connectivity index is 2.25. The molecule has 1 aliphatic carbocycles. The molecule has 3 amide bonds. The van der Waals surface area contributed by atoms with Crippen molar-refractivity contribution in [2.24, 2.45) is 0 Å². The van der Waals surface area contributed by atoms with Crippen molar-refractivity contribution in [3.8, 4) is 0 Å². The predicted molar refractivity (Wildman–Crippen MR) is 97.7 cm³/mol. The molecule has 1 fully saturated rings. The largest absolute Gasteiger partial charge is 0.345 e. The first kappa shape index (κ1) is 19.2. The summed E-state index contributed by atoms with van der Waals surface area (Å²) in [7, 11) is 3.27. The lowest BCUT2D eigenvalue weighted by molar-refractivity contribution is -0.130. The highest BCUT2D eigenvalue weighted by atomic mass is 35.5. The third kappa shape index (κ3) is 4.51. The van der Waals surface area contributed by atoms with E-state index in [9.17, 15) is 14.4 Å². The number of carbonyl (C=O) groups excluding carboxylic acids is 3. The van der Waals surface area contributed by atoms with Gasteiger partial charge in [-0.2, -0.15) is 0 Å². The van der Waals surface area contributed by atoms with Crippen LogP contribution in [-0.4, -0.2) is 42.3 Å². The summed E-state index contributed by atoms with van der Waals surface area (Å²) in [4.78, 5) is 38.1. The van der Waals surface area contributed by atoms with Gasteiger partial charge in [-0.1, -0.05) is 30.9 Å². The van der Waals surface area contributed by atoms with Crippen LogP contribution >= 0.6 is 11.6 Å². The van der Waals surface area contributed by atoms with Gasteiger partial charge in [0.15, 0.2) is 0 Å². The molecule has 0 aliphatic heterocycles. The Labute approximate surface area is 152 Å². The average Bonchev–Trinajstić information content (AvgIpc) is 2.56. The molecule has 6 nitrogen and oxygen atoms in total. The minimum Gasteiger partial charge on any atom is -0.345 e. The molecular weight excluding hydrogens is 342 g/mol. The minimum absolute atomic E-state index is 0.225. The van der Waals surface area contributed by atoms with E-state index < -0.39 is 5.54 Å². The monoisotopic (exact) mass is 365 g/mol. The summed E-state index contributed by atoms with van der Waals surface area (Å²) in [6.07, 6.45) is 4.04. The number of benzene rings is 1. The number of nitrogens with zero attached hydrogens (tertiary/aromatic N) is 1. The number of hydrogen-bond donors (Lipinski definition) is 2. The quantitative estimate of drug-likeness (QED) is 0.861. The van der Waals surface area contributed by atoms with E-state index in [0.29, 0.717) is 29.1 Å². The smallest absolute Gasteiger partial charge is 0.254 e. The Kier molecular flexibility index (Phi) is 6.06. The van der Waals surface area contributed by atoms with E-state index in [1.165, 1.54) is 11.8 Å². The molecule has 0 atom stereocenters. The first-order valence-electron chi connectivity index (χ1n) is 8.36. The fourth-order valence-corrected chi connectivity index (χ4v) is 3.36. The van der Waals surface area contributed by atoms with E-state index in [1.807, 2.05) is 0 Å². The normalized spacial score (nSPS) is 16.0. The Morgan fingerprint density at radius 2 is 1.76 bits per heavy atom. The van der Waals surface area contributed by atoms with Crippen LogP contribution in [0, 0.1) is 0 Å². The fraction of sp³-hybridized carbons (Fsp3) is 0.500. The molecule has 1 saturated carbocycles. The summed E-state index contributed by atoms with van der Waals surface area (Å²) in [6, 6.07) is 4.80. The van der Waals surface area contributed by atoms with Crippen molar-refractivity contribution in [2.75, 3.05) is 19.4 Å². The second-order valence-electron chi connectivity index (χ2n) is 6.67. The highest BCUT2D eigenvalue weighted by Crippen LogP contribution is 2.30. The average molecular weight is 366 g/mol. The van der Waals surface area contributed by atoms with Crippen LogP contribution < -0.4 is 10.6 Å². The SMILES string of the molecule is CC(=O)NC1(C(=O)Nc2ccc(Cl)c(C(=O)N(C)C)c2)CCCCC1. The third-order valence-corrected chi connectivity index (χ3v) is 4.75. The van der Waals surface area contributed by atoms with Gasteiger partial charge >= 0.3 is 0 Å². The van der Waals surface area contributed by atoms with Gasteiger partial charge in [0.2, 0.25) is 11.8 Å². The second-order valence-corrected chi connectivity index (χ2v) is 7.08. The van der Waals surface area contributed by atoms with Crippen LogP contribution in [0.2, 0.25) is 5.02 Å². The van der Waals surface area contributed by atoms with Crippen LogP contribution in [0.1, 0.15) is 49.4 Å². The number of hydrogen-bond acceptors (Lipinski definition) is 3. The van der Waals surface area contributed by atoms with Crippen molar-refractivity contribution in [1.82, 2.24) is 10.2 Å². The molecule has 0 unspecified atom stereocenters. The molecular formula is C18H24ClN3O3. The van der Waals surface area contributed by atoms with Crippen LogP contribution in [0.3, 0.4) is 0 Å². The molecule has 1 aliphatic rings. The van der Waals surface area contributed by atoms with Gasteiger partial charge in [0.25, 0.3) is 5.91 Å². The van der Waals surface area contributed by atoms with Gasteiger partial charge in [-0.25, -0.2) is 0 Å². The summed E-state index contributed by atoms with van der Waals surface area (Å²) in [5, 5.41) is 5.99. The number of carbonyl (C=O) groups is 3. The van der Waals surface area contributed by atoms with E-state index in [0.717, 1.165) is 19.3 Å². The molecule has 25 heavy (non-hydrogen) atoms. The van der Waals surface area contributed by atoms with Crippen molar-refractivity contribution in [3.63, 3.8) is 0 Å². The maximum Gasteiger partial charge on any atom is 0.254 e. The molecule has 2 rings (SSSR count). The first-order valence-corrected chi connectivity index (χ1v) is 8.74. The number of halogens is 1. The zero-order valence-corrected chi connectivity index (χ0v) is 15.6. The van der Waals surface area contributed by atoms with Gasteiger partial charge in [-0.15, -0.1) is 0 Å². The Hall–Kier alpha value is -2.08. The zero-order chi connectivity index (χ0) is 18.6. The molecule has 1 aromatic carbocycles. The predicted octanol–water partition coefficient (Wildman–Crippen LogP) is 2.82. The van der Waals surface area contributed by atoms with E-state index >= 15 is 0 Å². The number of amides is 3. The highest BCUT2D eigenvalue weighted by Gasteiger charge is 2.40. The third-order valence-electron chi connectivity index (χ3n) is 4.42. The maximum atomic E-state index is 12.9. The van der Waals surface area contributed by atoms with Crippen molar-refractivity contribution in [2.45, 2.75) is 44.6 Å². The lowest BCUT2D eigenvalue weighted by atomic mass is 9.80. The van der Waals surface area contributed by atoms with Crippen molar-refractivity contribution in [3.05, 3.63) is 28.8 Å². The Morgan fingerprint density at radius 3 is 2.32 bits per heavy atom. The van der Waals surface area contributed by atoms with Gasteiger partial charge < -0.3 is 15.5 Å². The lowest BCUT2D eigenvalue weighted by Crippen LogP contribution is -2.57. The summed E-state index contributed by atoms with van der Waals surface area (Å²) >= 11 is 6.10. The molecule has 136 valence electrons. The van der Waals surface area contributed by atoms with Gasteiger partial charge in [0.1, 0.15) is 5.54 Å². The van der Waals surface area contributed by atoms with Crippen LogP contribution in [-0.2, 0) is 9.59 Å². The molecule has 0 saturated heterocycles. The minimum atomic E-state index is -0.893. The zero-order valence-electron chi connectivity index (χ0n) is 14.8. The van der Waals surface area contributed by atoms with Gasteiger partial charge in [0, 0.05) is 26.7 Å². The molecule has 0 spiro atoms. The fourth-order valence-electron chi connectivity index (χ4n) is 3.16. The summed E-state index contributed by atoms with van der Waals surface area (Å²) < 4.78 is 0. The molecule has 1 aromatic rings. The summed E-state index contributed by atoms with van der Waals surface area (Å²) in [5.74, 6) is -0.722. The molecule has 0 aromatic heterocycles. The molecule has 0 radical (unpaired) electrons. The topological polar surface area (TPSA) is 78.5 Å².